The number of hydrogen-bond acceptors (Lipinski definition) is 4. The molecule has 3 aromatic carbocycles. The molecule has 5 rings (SSSR count). The highest BCUT2D eigenvalue weighted by atomic mass is 32.1. The van der Waals surface area contributed by atoms with Crippen LogP contribution < -0.4 is 5.56 Å². The van der Waals surface area contributed by atoms with Gasteiger partial charge in [-0.05, 0) is 37.1 Å². The molecule has 2 aromatic heterocycles. The zero-order valence-electron chi connectivity index (χ0n) is 18.0. The third-order valence-corrected chi connectivity index (χ3v) is 6.76. The van der Waals surface area contributed by atoms with Gasteiger partial charge < -0.3 is 5.11 Å². The number of para-hydroxylation sites is 1. The third-order valence-electron chi connectivity index (χ3n) is 5.80. The number of phenolic OH excluding ortho intramolecular Hbond substituents is 1. The number of aryl methyl sites for hydroxylation is 2. The van der Waals surface area contributed by atoms with E-state index in [-0.39, 0.29) is 16.9 Å². The maximum Gasteiger partial charge on any atom is 0.261 e. The lowest BCUT2D eigenvalue weighted by molar-refractivity contribution is 0.433. The molecule has 164 valence electrons. The summed E-state index contributed by atoms with van der Waals surface area (Å²) in [4.78, 5) is 18.6. The SMILES string of the molecule is Cc1nc(-c2cccc(F)c2O)n(CCc2ccccc2)c(=O)c1-c1csc2ccccc12. The van der Waals surface area contributed by atoms with Gasteiger partial charge in [0.1, 0.15) is 5.82 Å². The maximum absolute atomic E-state index is 14.2. The van der Waals surface area contributed by atoms with E-state index in [1.54, 1.807) is 28.9 Å². The molecule has 0 amide bonds. The van der Waals surface area contributed by atoms with Gasteiger partial charge in [0.05, 0.1) is 16.8 Å². The fraction of sp³-hybridized carbons (Fsp3) is 0.111. The summed E-state index contributed by atoms with van der Waals surface area (Å²) in [6.45, 7) is 2.13. The van der Waals surface area contributed by atoms with Gasteiger partial charge in [0.15, 0.2) is 11.6 Å². The van der Waals surface area contributed by atoms with Gasteiger partial charge in [-0.1, -0.05) is 54.6 Å². The number of phenols is 1. The normalized spacial score (nSPS) is 11.2. The average Bonchev–Trinajstić information content (AvgIpc) is 3.25. The topological polar surface area (TPSA) is 55.1 Å². The highest BCUT2D eigenvalue weighted by molar-refractivity contribution is 7.17. The monoisotopic (exact) mass is 456 g/mol. The Hall–Kier alpha value is -3.77. The van der Waals surface area contributed by atoms with Crippen molar-refractivity contribution in [1.82, 2.24) is 9.55 Å². The van der Waals surface area contributed by atoms with Crippen molar-refractivity contribution in [3.8, 4) is 28.3 Å². The van der Waals surface area contributed by atoms with Crippen LogP contribution in [0.1, 0.15) is 11.3 Å². The predicted octanol–water partition coefficient (Wildman–Crippen LogP) is 6.19. The van der Waals surface area contributed by atoms with E-state index in [9.17, 15) is 14.3 Å². The van der Waals surface area contributed by atoms with Gasteiger partial charge in [0.25, 0.3) is 5.56 Å². The van der Waals surface area contributed by atoms with Gasteiger partial charge in [0, 0.05) is 27.6 Å². The molecule has 1 N–H and O–H groups in total. The number of nitrogens with zero attached hydrogens (tertiary/aromatic N) is 2. The van der Waals surface area contributed by atoms with E-state index in [2.05, 4.69) is 0 Å². The van der Waals surface area contributed by atoms with Crippen LogP contribution in [-0.4, -0.2) is 14.7 Å². The van der Waals surface area contributed by atoms with Gasteiger partial charge in [-0.3, -0.25) is 9.36 Å². The molecule has 0 fully saturated rings. The number of hydrogen-bond donors (Lipinski definition) is 1. The molecule has 5 aromatic rings. The Morgan fingerprint density at radius 2 is 1.73 bits per heavy atom. The molecular formula is C27H21FN2O2S. The second-order valence-electron chi connectivity index (χ2n) is 7.87. The van der Waals surface area contributed by atoms with Crippen molar-refractivity contribution in [2.45, 2.75) is 19.9 Å². The van der Waals surface area contributed by atoms with Crippen LogP contribution in [0.3, 0.4) is 0 Å². The number of halogens is 1. The van der Waals surface area contributed by atoms with Crippen molar-refractivity contribution in [1.29, 1.82) is 0 Å². The summed E-state index contributed by atoms with van der Waals surface area (Å²) in [6, 6.07) is 22.1. The lowest BCUT2D eigenvalue weighted by Gasteiger charge is -2.17. The van der Waals surface area contributed by atoms with Crippen LogP contribution >= 0.6 is 11.3 Å². The lowest BCUT2D eigenvalue weighted by Crippen LogP contribution is -2.27. The Balaban J connectivity index is 1.73. The molecule has 0 bridgehead atoms. The Bertz CT molecular complexity index is 1520. The number of thiophene rings is 1. The largest absolute Gasteiger partial charge is 0.504 e. The van der Waals surface area contributed by atoms with Crippen LogP contribution in [0.15, 0.2) is 83.0 Å². The quantitative estimate of drug-likeness (QED) is 0.343. The minimum Gasteiger partial charge on any atom is -0.504 e. The number of fused-ring (bicyclic) bond motifs is 1. The van der Waals surface area contributed by atoms with Crippen molar-refractivity contribution >= 4 is 21.4 Å². The summed E-state index contributed by atoms with van der Waals surface area (Å²) in [5.74, 6) is -0.998. The van der Waals surface area contributed by atoms with Crippen molar-refractivity contribution in [2.75, 3.05) is 0 Å². The average molecular weight is 457 g/mol. The second-order valence-corrected chi connectivity index (χ2v) is 8.78. The second kappa shape index (κ2) is 8.64. The van der Waals surface area contributed by atoms with Gasteiger partial charge in [-0.15, -0.1) is 11.3 Å². The Labute approximate surface area is 194 Å². The molecule has 4 nitrogen and oxygen atoms in total. The summed E-state index contributed by atoms with van der Waals surface area (Å²) in [7, 11) is 0. The molecule has 33 heavy (non-hydrogen) atoms. The predicted molar refractivity (Wildman–Crippen MR) is 131 cm³/mol. The molecule has 6 heteroatoms. The molecule has 0 saturated carbocycles. The Kier molecular flexibility index (Phi) is 5.52. The van der Waals surface area contributed by atoms with Crippen LogP contribution in [0.4, 0.5) is 4.39 Å². The van der Waals surface area contributed by atoms with E-state index in [1.165, 1.54) is 12.1 Å². The number of benzene rings is 3. The molecule has 0 aliphatic heterocycles. The first kappa shape index (κ1) is 21.1. The third kappa shape index (κ3) is 3.83. The van der Waals surface area contributed by atoms with E-state index in [4.69, 9.17) is 4.98 Å². The van der Waals surface area contributed by atoms with E-state index < -0.39 is 11.6 Å². The number of aromatic hydroxyl groups is 1. The summed E-state index contributed by atoms with van der Waals surface area (Å²) in [5, 5.41) is 13.4. The first-order valence-electron chi connectivity index (χ1n) is 10.6. The zero-order chi connectivity index (χ0) is 22.9. The molecule has 0 unspecified atom stereocenters. The molecule has 0 atom stereocenters. The molecule has 0 aliphatic rings. The zero-order valence-corrected chi connectivity index (χ0v) is 18.8. The smallest absolute Gasteiger partial charge is 0.261 e. The highest BCUT2D eigenvalue weighted by Crippen LogP contribution is 2.35. The lowest BCUT2D eigenvalue weighted by atomic mass is 10.0. The molecule has 2 heterocycles. The van der Waals surface area contributed by atoms with Gasteiger partial charge >= 0.3 is 0 Å². The van der Waals surface area contributed by atoms with Crippen LogP contribution in [0.5, 0.6) is 5.75 Å². The molecule has 0 radical (unpaired) electrons. The maximum atomic E-state index is 14.2. The van der Waals surface area contributed by atoms with E-state index in [0.29, 0.717) is 24.2 Å². The van der Waals surface area contributed by atoms with E-state index in [0.717, 1.165) is 21.2 Å². The van der Waals surface area contributed by atoms with Crippen molar-refractivity contribution in [3.63, 3.8) is 0 Å². The molecule has 0 aliphatic carbocycles. The van der Waals surface area contributed by atoms with E-state index >= 15 is 0 Å². The summed E-state index contributed by atoms with van der Waals surface area (Å²) >= 11 is 1.58. The van der Waals surface area contributed by atoms with Crippen molar-refractivity contribution in [3.05, 3.63) is 106 Å². The highest BCUT2D eigenvalue weighted by Gasteiger charge is 2.21. The summed E-state index contributed by atoms with van der Waals surface area (Å²) in [6.07, 6.45) is 0.596. The number of rotatable bonds is 5. The van der Waals surface area contributed by atoms with Crippen LogP contribution in [0.2, 0.25) is 0 Å². The van der Waals surface area contributed by atoms with Gasteiger partial charge in [-0.25, -0.2) is 9.37 Å². The van der Waals surface area contributed by atoms with Gasteiger partial charge in [-0.2, -0.15) is 0 Å². The van der Waals surface area contributed by atoms with Crippen LogP contribution in [0, 0.1) is 12.7 Å². The van der Waals surface area contributed by atoms with E-state index in [1.807, 2.05) is 60.0 Å². The fourth-order valence-corrected chi connectivity index (χ4v) is 5.09. The van der Waals surface area contributed by atoms with Crippen LogP contribution in [-0.2, 0) is 13.0 Å². The molecular weight excluding hydrogens is 435 g/mol. The fourth-order valence-electron chi connectivity index (χ4n) is 4.14. The molecule has 0 saturated heterocycles. The summed E-state index contributed by atoms with van der Waals surface area (Å²) < 4.78 is 16.8. The minimum absolute atomic E-state index is 0.199. The first-order valence-corrected chi connectivity index (χ1v) is 11.5. The molecule has 0 spiro atoms. The summed E-state index contributed by atoms with van der Waals surface area (Å²) in [5.41, 5.74) is 2.97. The Morgan fingerprint density at radius 3 is 2.55 bits per heavy atom. The van der Waals surface area contributed by atoms with Crippen molar-refractivity contribution in [2.24, 2.45) is 0 Å². The minimum atomic E-state index is -0.748. The van der Waals surface area contributed by atoms with Gasteiger partial charge in [0.2, 0.25) is 0 Å². The standard InChI is InChI=1S/C27H21FN2O2S/c1-17-24(21-16-33-23-13-6-5-10-19(21)23)27(32)30(15-14-18-8-3-2-4-9-18)26(29-17)20-11-7-12-22(28)25(20)31/h2-13,16,31H,14-15H2,1H3. The Morgan fingerprint density at radius 1 is 0.970 bits per heavy atom. The first-order chi connectivity index (χ1) is 16.0. The van der Waals surface area contributed by atoms with Crippen molar-refractivity contribution < 1.29 is 9.50 Å². The van der Waals surface area contributed by atoms with Crippen LogP contribution in [0.25, 0.3) is 32.6 Å². The number of aromatic nitrogens is 2.